The van der Waals surface area contributed by atoms with Gasteiger partial charge in [-0.15, -0.1) is 22.7 Å². The summed E-state index contributed by atoms with van der Waals surface area (Å²) in [5.74, 6) is 0.415. The van der Waals surface area contributed by atoms with Crippen molar-refractivity contribution in [2.45, 2.75) is 12.3 Å². The molecular formula is C11H11S2. The van der Waals surface area contributed by atoms with Gasteiger partial charge in [0, 0.05) is 9.75 Å². The molecular weight excluding hydrogens is 196 g/mol. The van der Waals surface area contributed by atoms with Gasteiger partial charge < -0.3 is 0 Å². The summed E-state index contributed by atoms with van der Waals surface area (Å²) < 4.78 is 0. The smallest absolute Gasteiger partial charge is 0.00797 e. The van der Waals surface area contributed by atoms with E-state index in [4.69, 9.17) is 0 Å². The number of hydrogen-bond acceptors (Lipinski definition) is 2. The van der Waals surface area contributed by atoms with Gasteiger partial charge in [-0.25, -0.2) is 0 Å². The van der Waals surface area contributed by atoms with Crippen LogP contribution in [0, 0.1) is 6.92 Å². The van der Waals surface area contributed by atoms with Crippen molar-refractivity contribution >= 4 is 22.7 Å². The summed E-state index contributed by atoms with van der Waals surface area (Å²) in [4.78, 5) is 2.81. The molecule has 0 saturated carbocycles. The monoisotopic (exact) mass is 207 g/mol. The molecule has 0 bridgehead atoms. The minimum absolute atomic E-state index is 0.415. The average molecular weight is 207 g/mol. The van der Waals surface area contributed by atoms with E-state index in [1.54, 1.807) is 11.3 Å². The molecule has 2 heterocycles. The lowest BCUT2D eigenvalue weighted by atomic mass is 10.1. The molecule has 0 N–H and O–H groups in total. The third-order valence-corrected chi connectivity index (χ3v) is 3.91. The predicted molar refractivity (Wildman–Crippen MR) is 60.4 cm³/mol. The van der Waals surface area contributed by atoms with Crippen molar-refractivity contribution in [3.05, 3.63) is 51.7 Å². The van der Waals surface area contributed by atoms with Crippen molar-refractivity contribution in [2.24, 2.45) is 0 Å². The molecule has 2 heteroatoms. The van der Waals surface area contributed by atoms with Crippen LogP contribution in [0.3, 0.4) is 0 Å². The maximum Gasteiger partial charge on any atom is 0.00797 e. The van der Waals surface area contributed by atoms with Gasteiger partial charge in [0.05, 0.1) is 0 Å². The SMILES string of the molecule is [CH2]C(Cc1cccs1)c1cccs1. The summed E-state index contributed by atoms with van der Waals surface area (Å²) in [5.41, 5.74) is 0. The Balaban J connectivity index is 2.04. The van der Waals surface area contributed by atoms with E-state index in [0.29, 0.717) is 5.92 Å². The third kappa shape index (κ3) is 2.20. The first kappa shape index (κ1) is 8.97. The second-order valence-corrected chi connectivity index (χ2v) is 5.01. The highest BCUT2D eigenvalue weighted by Gasteiger charge is 2.07. The Morgan fingerprint density at radius 2 is 1.92 bits per heavy atom. The van der Waals surface area contributed by atoms with Crippen LogP contribution in [0.4, 0.5) is 0 Å². The molecule has 0 aliphatic rings. The second kappa shape index (κ2) is 4.07. The molecule has 1 atom stereocenters. The highest BCUT2D eigenvalue weighted by Crippen LogP contribution is 2.25. The minimum atomic E-state index is 0.415. The lowest BCUT2D eigenvalue weighted by molar-refractivity contribution is 0.864. The molecule has 0 saturated heterocycles. The Hall–Kier alpha value is -0.600. The Morgan fingerprint density at radius 3 is 2.54 bits per heavy atom. The van der Waals surface area contributed by atoms with E-state index in [2.05, 4.69) is 41.9 Å². The Kier molecular flexibility index (Phi) is 2.81. The lowest BCUT2D eigenvalue weighted by Crippen LogP contribution is -1.93. The summed E-state index contributed by atoms with van der Waals surface area (Å²) in [5, 5.41) is 4.23. The van der Waals surface area contributed by atoms with E-state index >= 15 is 0 Å². The fourth-order valence-corrected chi connectivity index (χ4v) is 2.83. The Labute approximate surface area is 86.9 Å². The third-order valence-electron chi connectivity index (χ3n) is 1.97. The van der Waals surface area contributed by atoms with Gasteiger partial charge in [-0.05, 0) is 42.2 Å². The van der Waals surface area contributed by atoms with Crippen LogP contribution in [-0.4, -0.2) is 0 Å². The number of rotatable bonds is 3. The first-order valence-electron chi connectivity index (χ1n) is 4.25. The van der Waals surface area contributed by atoms with Crippen LogP contribution >= 0.6 is 22.7 Å². The minimum Gasteiger partial charge on any atom is -0.149 e. The standard InChI is InChI=1S/C11H11S2/c1-9(11-5-3-7-13-11)8-10-4-2-6-12-10/h2-7,9H,1,8H2. The molecule has 0 aromatic carbocycles. The average Bonchev–Trinajstić information content (AvgIpc) is 2.74. The maximum absolute atomic E-state index is 4.17. The molecule has 13 heavy (non-hydrogen) atoms. The zero-order valence-corrected chi connectivity index (χ0v) is 8.91. The van der Waals surface area contributed by atoms with Crippen LogP contribution in [0.25, 0.3) is 0 Å². The van der Waals surface area contributed by atoms with E-state index in [-0.39, 0.29) is 0 Å². The lowest BCUT2D eigenvalue weighted by Gasteiger charge is -2.06. The second-order valence-electron chi connectivity index (χ2n) is 3.00. The van der Waals surface area contributed by atoms with Crippen LogP contribution in [0.1, 0.15) is 15.7 Å². The molecule has 0 spiro atoms. The maximum atomic E-state index is 4.17. The van der Waals surface area contributed by atoms with Gasteiger partial charge in [0.25, 0.3) is 0 Å². The van der Waals surface area contributed by atoms with Gasteiger partial charge in [0.15, 0.2) is 0 Å². The molecule has 2 aromatic heterocycles. The van der Waals surface area contributed by atoms with Gasteiger partial charge in [-0.1, -0.05) is 12.1 Å². The molecule has 0 aliphatic heterocycles. The molecule has 0 aliphatic carbocycles. The van der Waals surface area contributed by atoms with Crippen molar-refractivity contribution in [3.63, 3.8) is 0 Å². The van der Waals surface area contributed by atoms with Gasteiger partial charge >= 0.3 is 0 Å². The first-order chi connectivity index (χ1) is 6.36. The van der Waals surface area contributed by atoms with Crippen LogP contribution in [-0.2, 0) is 6.42 Å². The van der Waals surface area contributed by atoms with Gasteiger partial charge in [-0.3, -0.25) is 0 Å². The normalized spacial score (nSPS) is 13.0. The van der Waals surface area contributed by atoms with Crippen molar-refractivity contribution in [3.8, 4) is 0 Å². The summed E-state index contributed by atoms with van der Waals surface area (Å²) >= 11 is 3.61. The topological polar surface area (TPSA) is 0 Å². The van der Waals surface area contributed by atoms with Crippen LogP contribution < -0.4 is 0 Å². The van der Waals surface area contributed by atoms with Crippen LogP contribution in [0.15, 0.2) is 35.0 Å². The predicted octanol–water partition coefficient (Wildman–Crippen LogP) is 3.97. The summed E-state index contributed by atoms with van der Waals surface area (Å²) in [6.07, 6.45) is 1.07. The molecule has 2 aromatic rings. The molecule has 0 amide bonds. The first-order valence-corrected chi connectivity index (χ1v) is 6.01. The summed E-state index contributed by atoms with van der Waals surface area (Å²) in [6.45, 7) is 4.17. The zero-order valence-electron chi connectivity index (χ0n) is 7.27. The van der Waals surface area contributed by atoms with Gasteiger partial charge in [0.2, 0.25) is 0 Å². The zero-order chi connectivity index (χ0) is 9.10. The van der Waals surface area contributed by atoms with E-state index < -0.39 is 0 Å². The van der Waals surface area contributed by atoms with E-state index in [1.165, 1.54) is 9.75 Å². The van der Waals surface area contributed by atoms with E-state index in [0.717, 1.165) is 6.42 Å². The quantitative estimate of drug-likeness (QED) is 0.714. The van der Waals surface area contributed by atoms with Crippen molar-refractivity contribution in [1.29, 1.82) is 0 Å². The van der Waals surface area contributed by atoms with E-state index in [1.807, 2.05) is 11.3 Å². The molecule has 1 radical (unpaired) electrons. The number of thiophene rings is 2. The Morgan fingerprint density at radius 1 is 1.15 bits per heavy atom. The van der Waals surface area contributed by atoms with Crippen molar-refractivity contribution in [1.82, 2.24) is 0 Å². The Bertz CT molecular complexity index is 332. The number of hydrogen-bond donors (Lipinski definition) is 0. The van der Waals surface area contributed by atoms with Gasteiger partial charge in [0.1, 0.15) is 0 Å². The fourth-order valence-electron chi connectivity index (χ4n) is 1.30. The fraction of sp³-hybridized carbons (Fsp3) is 0.182. The summed E-state index contributed by atoms with van der Waals surface area (Å²) in [7, 11) is 0. The van der Waals surface area contributed by atoms with Crippen molar-refractivity contribution in [2.75, 3.05) is 0 Å². The van der Waals surface area contributed by atoms with Gasteiger partial charge in [-0.2, -0.15) is 0 Å². The largest absolute Gasteiger partial charge is 0.149 e. The van der Waals surface area contributed by atoms with Crippen molar-refractivity contribution < 1.29 is 0 Å². The highest BCUT2D eigenvalue weighted by atomic mass is 32.1. The molecule has 67 valence electrons. The van der Waals surface area contributed by atoms with E-state index in [9.17, 15) is 0 Å². The summed E-state index contributed by atoms with van der Waals surface area (Å²) in [6, 6.07) is 8.53. The molecule has 0 fully saturated rings. The molecule has 1 unspecified atom stereocenters. The van der Waals surface area contributed by atoms with Crippen LogP contribution in [0.5, 0.6) is 0 Å². The molecule has 0 nitrogen and oxygen atoms in total. The molecule has 2 rings (SSSR count). The highest BCUT2D eigenvalue weighted by molar-refractivity contribution is 7.10. The van der Waals surface area contributed by atoms with Crippen LogP contribution in [0.2, 0.25) is 0 Å².